The molecule has 0 aliphatic rings. The SMILES string of the molecule is Cc1cnc2c(c1)nc(N)n2CCOCCC(C)C. The van der Waals surface area contributed by atoms with Crippen molar-refractivity contribution in [2.75, 3.05) is 18.9 Å². The number of imidazole rings is 1. The number of hydrogen-bond acceptors (Lipinski definition) is 4. The minimum atomic E-state index is 0.501. The Balaban J connectivity index is 1.98. The van der Waals surface area contributed by atoms with Crippen LogP contribution in [0.2, 0.25) is 0 Å². The van der Waals surface area contributed by atoms with Crippen LogP contribution in [0.25, 0.3) is 11.2 Å². The molecule has 0 aliphatic carbocycles. The van der Waals surface area contributed by atoms with Crippen molar-refractivity contribution in [2.24, 2.45) is 5.92 Å². The zero-order valence-electron chi connectivity index (χ0n) is 11.9. The van der Waals surface area contributed by atoms with E-state index in [2.05, 4.69) is 23.8 Å². The maximum Gasteiger partial charge on any atom is 0.202 e. The van der Waals surface area contributed by atoms with Crippen LogP contribution >= 0.6 is 0 Å². The second-order valence-electron chi connectivity index (χ2n) is 5.27. The number of aromatic nitrogens is 3. The number of nitrogens with zero attached hydrogens (tertiary/aromatic N) is 3. The van der Waals surface area contributed by atoms with Crippen molar-refractivity contribution in [2.45, 2.75) is 33.7 Å². The second-order valence-corrected chi connectivity index (χ2v) is 5.27. The Morgan fingerprint density at radius 3 is 2.89 bits per heavy atom. The Kier molecular flexibility index (Phi) is 4.37. The summed E-state index contributed by atoms with van der Waals surface area (Å²) in [5, 5.41) is 0. The number of anilines is 1. The molecule has 19 heavy (non-hydrogen) atoms. The van der Waals surface area contributed by atoms with Crippen LogP contribution in [0, 0.1) is 12.8 Å². The van der Waals surface area contributed by atoms with E-state index >= 15 is 0 Å². The summed E-state index contributed by atoms with van der Waals surface area (Å²) >= 11 is 0. The van der Waals surface area contributed by atoms with Crippen LogP contribution in [0.5, 0.6) is 0 Å². The Hall–Kier alpha value is -1.62. The molecule has 2 aromatic heterocycles. The van der Waals surface area contributed by atoms with Gasteiger partial charge in [-0.15, -0.1) is 0 Å². The first kappa shape index (κ1) is 13.8. The van der Waals surface area contributed by atoms with Crippen LogP contribution < -0.4 is 5.73 Å². The molecule has 0 saturated carbocycles. The van der Waals surface area contributed by atoms with Gasteiger partial charge in [-0.3, -0.25) is 4.57 Å². The predicted octanol–water partition coefficient (Wildman–Crippen LogP) is 2.38. The number of fused-ring (bicyclic) bond motifs is 1. The van der Waals surface area contributed by atoms with Gasteiger partial charge in [0.05, 0.1) is 13.2 Å². The summed E-state index contributed by atoms with van der Waals surface area (Å²) in [5.74, 6) is 1.17. The first-order valence-electron chi connectivity index (χ1n) is 6.74. The van der Waals surface area contributed by atoms with E-state index in [1.165, 1.54) is 0 Å². The highest BCUT2D eigenvalue weighted by molar-refractivity contribution is 5.74. The highest BCUT2D eigenvalue weighted by atomic mass is 16.5. The van der Waals surface area contributed by atoms with Crippen LogP contribution in [-0.4, -0.2) is 27.7 Å². The van der Waals surface area contributed by atoms with Crippen LogP contribution in [0.1, 0.15) is 25.8 Å². The van der Waals surface area contributed by atoms with Gasteiger partial charge < -0.3 is 10.5 Å². The molecule has 0 aliphatic heterocycles. The molecule has 0 aromatic carbocycles. The van der Waals surface area contributed by atoms with E-state index in [1.807, 2.05) is 23.8 Å². The first-order valence-corrected chi connectivity index (χ1v) is 6.74. The highest BCUT2D eigenvalue weighted by Crippen LogP contribution is 2.16. The fourth-order valence-electron chi connectivity index (χ4n) is 1.93. The van der Waals surface area contributed by atoms with E-state index in [4.69, 9.17) is 10.5 Å². The summed E-state index contributed by atoms with van der Waals surface area (Å²) in [7, 11) is 0. The van der Waals surface area contributed by atoms with Gasteiger partial charge >= 0.3 is 0 Å². The van der Waals surface area contributed by atoms with E-state index in [0.717, 1.165) is 29.8 Å². The monoisotopic (exact) mass is 262 g/mol. The van der Waals surface area contributed by atoms with Crippen LogP contribution in [-0.2, 0) is 11.3 Å². The Labute approximate surface area is 113 Å². The van der Waals surface area contributed by atoms with Crippen molar-refractivity contribution in [3.8, 4) is 0 Å². The lowest BCUT2D eigenvalue weighted by Gasteiger charge is -2.08. The normalized spacial score (nSPS) is 11.6. The molecule has 2 N–H and O–H groups in total. The zero-order valence-corrected chi connectivity index (χ0v) is 11.9. The van der Waals surface area contributed by atoms with Crippen molar-refractivity contribution in [3.05, 3.63) is 17.8 Å². The van der Waals surface area contributed by atoms with E-state index < -0.39 is 0 Å². The molecule has 5 nitrogen and oxygen atoms in total. The van der Waals surface area contributed by atoms with E-state index in [9.17, 15) is 0 Å². The molecule has 2 rings (SSSR count). The third-order valence-corrected chi connectivity index (χ3v) is 3.05. The fraction of sp³-hybridized carbons (Fsp3) is 0.571. The molecule has 0 atom stereocenters. The molecule has 0 spiro atoms. The first-order chi connectivity index (χ1) is 9.08. The lowest BCUT2D eigenvalue weighted by atomic mass is 10.1. The molecule has 0 saturated heterocycles. The van der Waals surface area contributed by atoms with E-state index in [0.29, 0.717) is 25.0 Å². The zero-order chi connectivity index (χ0) is 13.8. The van der Waals surface area contributed by atoms with Crippen LogP contribution in [0.4, 0.5) is 5.95 Å². The van der Waals surface area contributed by atoms with Gasteiger partial charge in [-0.1, -0.05) is 13.8 Å². The summed E-state index contributed by atoms with van der Waals surface area (Å²) in [6.45, 7) is 8.50. The molecular weight excluding hydrogens is 240 g/mol. The van der Waals surface area contributed by atoms with Gasteiger partial charge in [-0.25, -0.2) is 9.97 Å². The molecule has 0 bridgehead atoms. The van der Waals surface area contributed by atoms with Crippen molar-refractivity contribution in [1.82, 2.24) is 14.5 Å². The molecule has 2 aromatic rings. The summed E-state index contributed by atoms with van der Waals surface area (Å²) in [6.07, 6.45) is 2.91. The molecule has 104 valence electrons. The van der Waals surface area contributed by atoms with Gasteiger partial charge in [-0.05, 0) is 30.9 Å². The molecular formula is C14H22N4O. The molecule has 0 unspecified atom stereocenters. The summed E-state index contributed by atoms with van der Waals surface area (Å²) in [5.41, 5.74) is 8.69. The van der Waals surface area contributed by atoms with Crippen LogP contribution in [0.15, 0.2) is 12.3 Å². The lowest BCUT2D eigenvalue weighted by Crippen LogP contribution is -2.10. The maximum absolute atomic E-state index is 5.92. The second kappa shape index (κ2) is 6.02. The Morgan fingerprint density at radius 2 is 2.16 bits per heavy atom. The number of ether oxygens (including phenoxy) is 1. The smallest absolute Gasteiger partial charge is 0.202 e. The van der Waals surface area contributed by atoms with Gasteiger partial charge in [0.25, 0.3) is 0 Å². The summed E-state index contributed by atoms with van der Waals surface area (Å²) < 4.78 is 7.52. The maximum atomic E-state index is 5.92. The third-order valence-electron chi connectivity index (χ3n) is 3.05. The average molecular weight is 262 g/mol. The van der Waals surface area contributed by atoms with Crippen molar-refractivity contribution in [1.29, 1.82) is 0 Å². The van der Waals surface area contributed by atoms with Crippen molar-refractivity contribution >= 4 is 17.1 Å². The van der Waals surface area contributed by atoms with Gasteiger partial charge in [0.1, 0.15) is 5.52 Å². The Bertz CT molecular complexity index is 548. The summed E-state index contributed by atoms with van der Waals surface area (Å²) in [4.78, 5) is 8.72. The number of pyridine rings is 1. The van der Waals surface area contributed by atoms with Gasteiger partial charge in [0.15, 0.2) is 5.65 Å². The number of aryl methyl sites for hydroxylation is 1. The molecule has 0 amide bonds. The minimum Gasteiger partial charge on any atom is -0.380 e. The van der Waals surface area contributed by atoms with E-state index in [1.54, 1.807) is 0 Å². The fourth-order valence-corrected chi connectivity index (χ4v) is 1.93. The number of nitrogen functional groups attached to an aromatic ring is 1. The molecule has 0 fully saturated rings. The number of nitrogens with two attached hydrogens (primary N) is 1. The van der Waals surface area contributed by atoms with Crippen molar-refractivity contribution in [3.63, 3.8) is 0 Å². The van der Waals surface area contributed by atoms with E-state index in [-0.39, 0.29) is 0 Å². The van der Waals surface area contributed by atoms with Gasteiger partial charge in [-0.2, -0.15) is 0 Å². The largest absolute Gasteiger partial charge is 0.380 e. The lowest BCUT2D eigenvalue weighted by molar-refractivity contribution is 0.117. The van der Waals surface area contributed by atoms with Crippen molar-refractivity contribution < 1.29 is 4.74 Å². The third kappa shape index (κ3) is 3.44. The predicted molar refractivity (Wildman–Crippen MR) is 77.0 cm³/mol. The number of rotatable bonds is 6. The quantitative estimate of drug-likeness (QED) is 0.812. The van der Waals surface area contributed by atoms with Crippen LogP contribution in [0.3, 0.4) is 0 Å². The molecule has 5 heteroatoms. The highest BCUT2D eigenvalue weighted by Gasteiger charge is 2.09. The average Bonchev–Trinajstić information content (AvgIpc) is 2.64. The Morgan fingerprint density at radius 1 is 1.37 bits per heavy atom. The number of hydrogen-bond donors (Lipinski definition) is 1. The minimum absolute atomic E-state index is 0.501. The molecule has 0 radical (unpaired) electrons. The van der Waals surface area contributed by atoms with Gasteiger partial charge in [0, 0.05) is 12.8 Å². The summed E-state index contributed by atoms with van der Waals surface area (Å²) in [6, 6.07) is 1.99. The van der Waals surface area contributed by atoms with Gasteiger partial charge in [0.2, 0.25) is 5.95 Å². The topological polar surface area (TPSA) is 66.0 Å². The standard InChI is InChI=1S/C14H22N4O/c1-10(2)4-6-19-7-5-18-13-12(17-14(18)15)8-11(3)9-16-13/h8-10H,4-7H2,1-3H3,(H2,15,17). The molecule has 2 heterocycles.